The number of amides is 1. The summed E-state index contributed by atoms with van der Waals surface area (Å²) in [5.41, 5.74) is 2.22. The molecular weight excluding hydrogens is 204 g/mol. The average molecular weight is 220 g/mol. The van der Waals surface area contributed by atoms with Gasteiger partial charge >= 0.3 is 0 Å². The summed E-state index contributed by atoms with van der Waals surface area (Å²) in [7, 11) is 1.71. The van der Waals surface area contributed by atoms with E-state index in [9.17, 15) is 4.79 Å². The fourth-order valence-electron chi connectivity index (χ4n) is 1.97. The van der Waals surface area contributed by atoms with E-state index in [2.05, 4.69) is 5.32 Å². The standard InChI is InChI=1S/C12H16N2O2/c1-14(6-7-15)12(16)11-8-9-4-2-3-5-10(9)13-11/h2-5,11,13,15H,6-8H2,1H3. The van der Waals surface area contributed by atoms with Gasteiger partial charge in [0.05, 0.1) is 6.61 Å². The highest BCUT2D eigenvalue weighted by molar-refractivity contribution is 5.87. The van der Waals surface area contributed by atoms with E-state index in [0.29, 0.717) is 6.54 Å². The predicted octanol–water partition coefficient (Wildman–Crippen LogP) is 0.474. The highest BCUT2D eigenvalue weighted by Gasteiger charge is 2.28. The molecule has 1 heterocycles. The molecule has 1 atom stereocenters. The molecule has 4 nitrogen and oxygen atoms in total. The van der Waals surface area contributed by atoms with Crippen LogP contribution >= 0.6 is 0 Å². The van der Waals surface area contributed by atoms with Crippen LogP contribution in [0.15, 0.2) is 24.3 Å². The lowest BCUT2D eigenvalue weighted by Crippen LogP contribution is -2.41. The number of fused-ring (bicyclic) bond motifs is 1. The molecule has 0 radical (unpaired) electrons. The zero-order chi connectivity index (χ0) is 11.5. The molecule has 0 aliphatic carbocycles. The van der Waals surface area contributed by atoms with Crippen LogP contribution in [0.3, 0.4) is 0 Å². The quantitative estimate of drug-likeness (QED) is 0.778. The summed E-state index contributed by atoms with van der Waals surface area (Å²) in [6, 6.07) is 7.76. The van der Waals surface area contributed by atoms with E-state index in [0.717, 1.165) is 12.1 Å². The number of carbonyl (C=O) groups is 1. The monoisotopic (exact) mass is 220 g/mol. The number of likely N-dealkylation sites (N-methyl/N-ethyl adjacent to an activating group) is 1. The fourth-order valence-corrected chi connectivity index (χ4v) is 1.97. The Morgan fingerprint density at radius 2 is 2.31 bits per heavy atom. The molecule has 1 aliphatic heterocycles. The maximum absolute atomic E-state index is 12.0. The molecule has 0 spiro atoms. The maximum atomic E-state index is 12.0. The summed E-state index contributed by atoms with van der Waals surface area (Å²) in [6.07, 6.45) is 0.727. The number of nitrogens with zero attached hydrogens (tertiary/aromatic N) is 1. The van der Waals surface area contributed by atoms with Crippen molar-refractivity contribution in [3.8, 4) is 0 Å². The summed E-state index contributed by atoms with van der Waals surface area (Å²) in [6.45, 7) is 0.384. The lowest BCUT2D eigenvalue weighted by molar-refractivity contribution is -0.131. The fraction of sp³-hybridized carbons (Fsp3) is 0.417. The first-order valence-electron chi connectivity index (χ1n) is 5.42. The molecule has 0 aromatic heterocycles. The van der Waals surface area contributed by atoms with Crippen molar-refractivity contribution in [1.82, 2.24) is 4.90 Å². The number of carbonyl (C=O) groups excluding carboxylic acids is 1. The minimum absolute atomic E-state index is 0.00189. The summed E-state index contributed by atoms with van der Waals surface area (Å²) in [4.78, 5) is 13.5. The van der Waals surface area contributed by atoms with Crippen LogP contribution in [0.4, 0.5) is 5.69 Å². The van der Waals surface area contributed by atoms with Crippen molar-refractivity contribution >= 4 is 11.6 Å². The van der Waals surface area contributed by atoms with E-state index in [4.69, 9.17) is 5.11 Å². The lowest BCUT2D eigenvalue weighted by Gasteiger charge is -2.20. The van der Waals surface area contributed by atoms with Crippen LogP contribution in [-0.4, -0.2) is 42.2 Å². The number of aliphatic hydroxyl groups is 1. The van der Waals surface area contributed by atoms with Crippen molar-refractivity contribution in [2.24, 2.45) is 0 Å². The van der Waals surface area contributed by atoms with E-state index >= 15 is 0 Å². The highest BCUT2D eigenvalue weighted by Crippen LogP contribution is 2.25. The molecule has 1 aliphatic rings. The van der Waals surface area contributed by atoms with Crippen LogP contribution in [0.25, 0.3) is 0 Å². The minimum atomic E-state index is -0.186. The van der Waals surface area contributed by atoms with Gasteiger partial charge < -0.3 is 15.3 Å². The van der Waals surface area contributed by atoms with Crippen molar-refractivity contribution in [3.05, 3.63) is 29.8 Å². The van der Waals surface area contributed by atoms with E-state index in [1.165, 1.54) is 5.56 Å². The molecule has 0 bridgehead atoms. The van der Waals surface area contributed by atoms with Gasteiger partial charge in [0.15, 0.2) is 0 Å². The van der Waals surface area contributed by atoms with Gasteiger partial charge in [-0.2, -0.15) is 0 Å². The lowest BCUT2D eigenvalue weighted by atomic mass is 10.1. The third kappa shape index (κ3) is 2.02. The number of para-hydroxylation sites is 1. The van der Waals surface area contributed by atoms with Gasteiger partial charge in [-0.15, -0.1) is 0 Å². The number of hydrogen-bond donors (Lipinski definition) is 2. The number of aliphatic hydroxyl groups excluding tert-OH is 1. The zero-order valence-electron chi connectivity index (χ0n) is 9.31. The van der Waals surface area contributed by atoms with Gasteiger partial charge in [-0.3, -0.25) is 4.79 Å². The van der Waals surface area contributed by atoms with E-state index in [-0.39, 0.29) is 18.6 Å². The van der Waals surface area contributed by atoms with Gasteiger partial charge in [0.1, 0.15) is 6.04 Å². The summed E-state index contributed by atoms with van der Waals surface area (Å²) in [5, 5.41) is 12.0. The molecule has 1 unspecified atom stereocenters. The summed E-state index contributed by atoms with van der Waals surface area (Å²) < 4.78 is 0. The van der Waals surface area contributed by atoms with Crippen LogP contribution in [0.2, 0.25) is 0 Å². The second-order valence-corrected chi connectivity index (χ2v) is 4.04. The largest absolute Gasteiger partial charge is 0.395 e. The Hall–Kier alpha value is -1.55. The van der Waals surface area contributed by atoms with Crippen LogP contribution < -0.4 is 5.32 Å². The predicted molar refractivity (Wildman–Crippen MR) is 62.3 cm³/mol. The van der Waals surface area contributed by atoms with Gasteiger partial charge in [0.25, 0.3) is 0 Å². The van der Waals surface area contributed by atoms with Crippen molar-refractivity contribution in [2.45, 2.75) is 12.5 Å². The minimum Gasteiger partial charge on any atom is -0.395 e. The Balaban J connectivity index is 2.03. The molecule has 0 saturated heterocycles. The van der Waals surface area contributed by atoms with Crippen molar-refractivity contribution in [1.29, 1.82) is 0 Å². The molecule has 1 aromatic carbocycles. The first-order valence-corrected chi connectivity index (χ1v) is 5.42. The second-order valence-electron chi connectivity index (χ2n) is 4.04. The molecule has 16 heavy (non-hydrogen) atoms. The van der Waals surface area contributed by atoms with E-state index < -0.39 is 0 Å². The molecule has 0 saturated carbocycles. The third-order valence-electron chi connectivity index (χ3n) is 2.88. The Morgan fingerprint density at radius 3 is 3.00 bits per heavy atom. The van der Waals surface area contributed by atoms with Gasteiger partial charge in [0, 0.05) is 25.7 Å². The molecule has 4 heteroatoms. The highest BCUT2D eigenvalue weighted by atomic mass is 16.3. The van der Waals surface area contributed by atoms with Gasteiger partial charge in [-0.1, -0.05) is 18.2 Å². The van der Waals surface area contributed by atoms with Gasteiger partial charge in [0.2, 0.25) is 5.91 Å². The summed E-state index contributed by atoms with van der Waals surface area (Å²) in [5.74, 6) is 0.0326. The Labute approximate surface area is 94.9 Å². The SMILES string of the molecule is CN(CCO)C(=O)C1Cc2ccccc2N1. The summed E-state index contributed by atoms with van der Waals surface area (Å²) >= 11 is 0. The van der Waals surface area contributed by atoms with Gasteiger partial charge in [-0.25, -0.2) is 0 Å². The molecule has 0 fully saturated rings. The van der Waals surface area contributed by atoms with Crippen LogP contribution in [0, 0.1) is 0 Å². The maximum Gasteiger partial charge on any atom is 0.245 e. The normalized spacial score (nSPS) is 17.8. The smallest absolute Gasteiger partial charge is 0.245 e. The first kappa shape index (κ1) is 11.0. The average Bonchev–Trinajstić information content (AvgIpc) is 2.71. The van der Waals surface area contributed by atoms with E-state index in [1.54, 1.807) is 11.9 Å². The number of nitrogens with one attached hydrogen (secondary N) is 1. The van der Waals surface area contributed by atoms with Crippen LogP contribution in [-0.2, 0) is 11.2 Å². The number of rotatable bonds is 3. The molecular formula is C12H16N2O2. The van der Waals surface area contributed by atoms with Crippen molar-refractivity contribution in [3.63, 3.8) is 0 Å². The molecule has 1 amide bonds. The topological polar surface area (TPSA) is 52.6 Å². The molecule has 86 valence electrons. The Kier molecular flexibility index (Phi) is 3.10. The molecule has 2 N–H and O–H groups in total. The Bertz CT molecular complexity index is 367. The zero-order valence-corrected chi connectivity index (χ0v) is 9.31. The first-order chi connectivity index (χ1) is 7.72. The Morgan fingerprint density at radius 1 is 1.56 bits per heavy atom. The molecule has 2 rings (SSSR count). The molecule has 1 aromatic rings. The van der Waals surface area contributed by atoms with Crippen LogP contribution in [0.5, 0.6) is 0 Å². The van der Waals surface area contributed by atoms with Crippen molar-refractivity contribution < 1.29 is 9.90 Å². The van der Waals surface area contributed by atoms with Crippen LogP contribution in [0.1, 0.15) is 5.56 Å². The number of benzene rings is 1. The third-order valence-corrected chi connectivity index (χ3v) is 2.88. The second kappa shape index (κ2) is 4.53. The van der Waals surface area contributed by atoms with E-state index in [1.807, 2.05) is 24.3 Å². The number of anilines is 1. The number of hydrogen-bond acceptors (Lipinski definition) is 3. The van der Waals surface area contributed by atoms with Gasteiger partial charge in [-0.05, 0) is 11.6 Å². The van der Waals surface area contributed by atoms with Crippen molar-refractivity contribution in [2.75, 3.05) is 25.5 Å².